The van der Waals surface area contributed by atoms with Crippen LogP contribution in [0.15, 0.2) is 42.5 Å². The number of alkyl halides is 2. The van der Waals surface area contributed by atoms with Crippen LogP contribution >= 0.6 is 0 Å². The van der Waals surface area contributed by atoms with E-state index < -0.39 is 6.61 Å². The van der Waals surface area contributed by atoms with Gasteiger partial charge in [-0.15, -0.1) is 0 Å². The molecule has 2 aromatic carbocycles. The molecule has 142 valence electrons. The molecule has 0 aliphatic carbocycles. The molecule has 2 aromatic rings. The molecule has 27 heavy (non-hydrogen) atoms. The van der Waals surface area contributed by atoms with Gasteiger partial charge in [0, 0.05) is 6.54 Å². The van der Waals surface area contributed by atoms with Crippen molar-refractivity contribution in [1.82, 2.24) is 5.32 Å². The standard InChI is InChI=1S/C19H18F2N2O4/c1-25-16-7-4-14(10-17(16)27-19(20)21)11-23-18(24)12-26-15-5-2-13(3-6-15)8-9-22/h2-7,10,19H,8,11-12H2,1H3,(H,23,24). The molecular weight excluding hydrogens is 358 g/mol. The van der Waals surface area contributed by atoms with Gasteiger partial charge in [0.15, 0.2) is 18.1 Å². The molecule has 1 amide bonds. The van der Waals surface area contributed by atoms with Crippen molar-refractivity contribution in [2.45, 2.75) is 19.6 Å². The average Bonchev–Trinajstić information content (AvgIpc) is 2.66. The van der Waals surface area contributed by atoms with Gasteiger partial charge >= 0.3 is 6.61 Å². The van der Waals surface area contributed by atoms with Gasteiger partial charge in [0.1, 0.15) is 5.75 Å². The molecule has 0 fully saturated rings. The molecule has 0 heterocycles. The molecule has 2 rings (SSSR count). The Morgan fingerprint density at radius 2 is 1.85 bits per heavy atom. The van der Waals surface area contributed by atoms with E-state index in [9.17, 15) is 13.6 Å². The van der Waals surface area contributed by atoms with Crippen molar-refractivity contribution in [3.63, 3.8) is 0 Å². The third kappa shape index (κ3) is 6.47. The zero-order valence-corrected chi connectivity index (χ0v) is 14.6. The van der Waals surface area contributed by atoms with Crippen molar-refractivity contribution in [2.75, 3.05) is 13.7 Å². The van der Waals surface area contributed by atoms with Crippen LogP contribution in [0.3, 0.4) is 0 Å². The normalized spacial score (nSPS) is 10.2. The molecule has 0 bridgehead atoms. The molecule has 0 aliphatic heterocycles. The van der Waals surface area contributed by atoms with Crippen molar-refractivity contribution >= 4 is 5.91 Å². The molecule has 0 atom stereocenters. The fourth-order valence-electron chi connectivity index (χ4n) is 2.21. The van der Waals surface area contributed by atoms with Crippen molar-refractivity contribution < 1.29 is 27.8 Å². The van der Waals surface area contributed by atoms with Gasteiger partial charge in [-0.05, 0) is 35.4 Å². The largest absolute Gasteiger partial charge is 0.493 e. The Kier molecular flexibility index (Phi) is 7.37. The molecule has 0 radical (unpaired) electrons. The number of rotatable bonds is 9. The minimum absolute atomic E-state index is 0.104. The van der Waals surface area contributed by atoms with E-state index in [4.69, 9.17) is 14.7 Å². The number of nitrogens with zero attached hydrogens (tertiary/aromatic N) is 1. The lowest BCUT2D eigenvalue weighted by Crippen LogP contribution is -2.28. The van der Waals surface area contributed by atoms with Crippen LogP contribution in [0.2, 0.25) is 0 Å². The zero-order chi connectivity index (χ0) is 19.6. The smallest absolute Gasteiger partial charge is 0.387 e. The van der Waals surface area contributed by atoms with Crippen molar-refractivity contribution in [3.05, 3.63) is 53.6 Å². The highest BCUT2D eigenvalue weighted by Gasteiger charge is 2.12. The van der Waals surface area contributed by atoms with E-state index >= 15 is 0 Å². The van der Waals surface area contributed by atoms with Crippen LogP contribution in [0.25, 0.3) is 0 Å². The highest BCUT2D eigenvalue weighted by atomic mass is 19.3. The first-order valence-electron chi connectivity index (χ1n) is 7.99. The number of nitriles is 1. The molecule has 0 aromatic heterocycles. The summed E-state index contributed by atoms with van der Waals surface area (Å²) < 4.78 is 39.6. The number of amides is 1. The first-order valence-corrected chi connectivity index (χ1v) is 7.99. The van der Waals surface area contributed by atoms with Gasteiger partial charge in [-0.2, -0.15) is 14.0 Å². The third-order valence-corrected chi connectivity index (χ3v) is 3.51. The minimum Gasteiger partial charge on any atom is -0.493 e. The van der Waals surface area contributed by atoms with Gasteiger partial charge in [0.25, 0.3) is 5.91 Å². The van der Waals surface area contributed by atoms with Crippen LogP contribution in [0.1, 0.15) is 11.1 Å². The molecule has 8 heteroatoms. The summed E-state index contributed by atoms with van der Waals surface area (Å²) in [6.07, 6.45) is 0.305. The topological polar surface area (TPSA) is 80.6 Å². The van der Waals surface area contributed by atoms with E-state index in [0.717, 1.165) is 5.56 Å². The average molecular weight is 376 g/mol. The Morgan fingerprint density at radius 1 is 1.15 bits per heavy atom. The minimum atomic E-state index is -2.98. The number of ether oxygens (including phenoxy) is 3. The van der Waals surface area contributed by atoms with E-state index in [1.165, 1.54) is 19.2 Å². The fourth-order valence-corrected chi connectivity index (χ4v) is 2.21. The number of benzene rings is 2. The Balaban J connectivity index is 1.85. The summed E-state index contributed by atoms with van der Waals surface area (Å²) in [6, 6.07) is 13.4. The Labute approximate surface area is 155 Å². The summed E-state index contributed by atoms with van der Waals surface area (Å²) in [6.45, 7) is -3.06. The van der Waals surface area contributed by atoms with Gasteiger partial charge in [-0.25, -0.2) is 0 Å². The van der Waals surface area contributed by atoms with Gasteiger partial charge in [-0.3, -0.25) is 4.79 Å². The lowest BCUT2D eigenvalue weighted by atomic mass is 10.2. The summed E-state index contributed by atoms with van der Waals surface area (Å²) >= 11 is 0. The van der Waals surface area contributed by atoms with E-state index in [-0.39, 0.29) is 30.6 Å². The van der Waals surface area contributed by atoms with E-state index in [0.29, 0.717) is 17.7 Å². The molecule has 0 aliphatic rings. The Hall–Kier alpha value is -3.34. The van der Waals surface area contributed by atoms with Gasteiger partial charge in [0.2, 0.25) is 0 Å². The van der Waals surface area contributed by atoms with Crippen molar-refractivity contribution in [1.29, 1.82) is 5.26 Å². The fraction of sp³-hybridized carbons (Fsp3) is 0.263. The predicted molar refractivity (Wildman–Crippen MR) is 92.7 cm³/mol. The second kappa shape index (κ2) is 9.97. The van der Waals surface area contributed by atoms with E-state index in [1.54, 1.807) is 30.3 Å². The number of halogens is 2. The highest BCUT2D eigenvalue weighted by Crippen LogP contribution is 2.29. The van der Waals surface area contributed by atoms with Crippen LogP contribution in [0.5, 0.6) is 17.2 Å². The van der Waals surface area contributed by atoms with Crippen LogP contribution in [-0.2, 0) is 17.8 Å². The van der Waals surface area contributed by atoms with Crippen LogP contribution < -0.4 is 19.5 Å². The van der Waals surface area contributed by atoms with Crippen molar-refractivity contribution in [2.24, 2.45) is 0 Å². The number of carbonyl (C=O) groups is 1. The molecule has 1 N–H and O–H groups in total. The number of hydrogen-bond donors (Lipinski definition) is 1. The third-order valence-electron chi connectivity index (χ3n) is 3.51. The van der Waals surface area contributed by atoms with Gasteiger partial charge < -0.3 is 19.5 Å². The second-order valence-corrected chi connectivity index (χ2v) is 5.41. The SMILES string of the molecule is COc1ccc(CNC(=O)COc2ccc(CC#N)cc2)cc1OC(F)F. The maximum Gasteiger partial charge on any atom is 0.387 e. The molecule has 0 spiro atoms. The summed E-state index contributed by atoms with van der Waals surface area (Å²) in [5, 5.41) is 11.2. The molecule has 0 saturated heterocycles. The molecule has 6 nitrogen and oxygen atoms in total. The molecule has 0 unspecified atom stereocenters. The number of nitrogens with one attached hydrogen (secondary N) is 1. The first kappa shape index (κ1) is 20.0. The van der Waals surface area contributed by atoms with E-state index in [2.05, 4.69) is 10.1 Å². The summed E-state index contributed by atoms with van der Waals surface area (Å²) in [7, 11) is 1.35. The van der Waals surface area contributed by atoms with Crippen LogP contribution in [-0.4, -0.2) is 26.2 Å². The maximum atomic E-state index is 12.4. The Morgan fingerprint density at radius 3 is 2.48 bits per heavy atom. The lowest BCUT2D eigenvalue weighted by Gasteiger charge is -2.12. The summed E-state index contributed by atoms with van der Waals surface area (Å²) in [5.74, 6) is 0.202. The van der Waals surface area contributed by atoms with E-state index in [1.807, 2.05) is 6.07 Å². The predicted octanol–water partition coefficient (Wildman–Crippen LogP) is 3.06. The maximum absolute atomic E-state index is 12.4. The molecular formula is C19H18F2N2O4. The number of methoxy groups -OCH3 is 1. The number of carbonyl (C=O) groups excluding carboxylic acids is 1. The van der Waals surface area contributed by atoms with Crippen LogP contribution in [0.4, 0.5) is 8.78 Å². The summed E-state index contributed by atoms with van der Waals surface area (Å²) in [5.41, 5.74) is 1.43. The quantitative estimate of drug-likeness (QED) is 0.728. The van der Waals surface area contributed by atoms with Gasteiger partial charge in [-0.1, -0.05) is 18.2 Å². The number of hydrogen-bond acceptors (Lipinski definition) is 5. The van der Waals surface area contributed by atoms with Crippen LogP contribution in [0, 0.1) is 11.3 Å². The molecule has 0 saturated carbocycles. The Bertz CT molecular complexity index is 804. The zero-order valence-electron chi connectivity index (χ0n) is 14.6. The first-order chi connectivity index (χ1) is 13.0. The second-order valence-electron chi connectivity index (χ2n) is 5.41. The monoisotopic (exact) mass is 376 g/mol. The van der Waals surface area contributed by atoms with Gasteiger partial charge in [0.05, 0.1) is 19.6 Å². The summed E-state index contributed by atoms with van der Waals surface area (Å²) in [4.78, 5) is 11.9. The van der Waals surface area contributed by atoms with Crippen molar-refractivity contribution in [3.8, 4) is 23.3 Å². The lowest BCUT2D eigenvalue weighted by molar-refractivity contribution is -0.123. The highest BCUT2D eigenvalue weighted by molar-refractivity contribution is 5.77.